The lowest BCUT2D eigenvalue weighted by Gasteiger charge is -2.17. The summed E-state index contributed by atoms with van der Waals surface area (Å²) in [7, 11) is 0. The molecule has 1 aromatic carbocycles. The Labute approximate surface area is 128 Å². The highest BCUT2D eigenvalue weighted by atomic mass is 35.5. The summed E-state index contributed by atoms with van der Waals surface area (Å²) in [6.07, 6.45) is 0.522. The number of hydrogen-bond donors (Lipinski definition) is 0. The Hall–Kier alpha value is -1.06. The van der Waals surface area contributed by atoms with Gasteiger partial charge in [-0.15, -0.1) is 0 Å². The number of likely N-dealkylation sites (tertiary alicyclic amines) is 1. The lowest BCUT2D eigenvalue weighted by atomic mass is 9.95. The van der Waals surface area contributed by atoms with Crippen molar-refractivity contribution in [1.82, 2.24) is 4.90 Å². The Morgan fingerprint density at radius 1 is 1.40 bits per heavy atom. The molecule has 1 aliphatic heterocycles. The van der Waals surface area contributed by atoms with Crippen molar-refractivity contribution in [1.29, 1.82) is 0 Å². The molecular formula is C15H17Cl2NO2. The molecule has 20 heavy (non-hydrogen) atoms. The molecule has 1 aliphatic rings. The molecule has 1 amide bonds. The number of nitrogens with zero attached hydrogens (tertiary/aromatic N) is 1. The molecule has 1 atom stereocenters. The van der Waals surface area contributed by atoms with Gasteiger partial charge in [0.1, 0.15) is 0 Å². The van der Waals surface area contributed by atoms with Crippen molar-refractivity contribution in [2.75, 3.05) is 13.1 Å². The molecule has 0 radical (unpaired) electrons. The number of benzene rings is 1. The summed E-state index contributed by atoms with van der Waals surface area (Å²) in [6, 6.07) is 4.78. The van der Waals surface area contributed by atoms with E-state index in [0.717, 1.165) is 0 Å². The first-order valence-corrected chi connectivity index (χ1v) is 7.40. The number of Topliss-reactive ketones (excluding diaryl/α,β-unsaturated/α-hetero) is 1. The van der Waals surface area contributed by atoms with Crippen molar-refractivity contribution in [3.63, 3.8) is 0 Å². The van der Waals surface area contributed by atoms with Crippen molar-refractivity contribution in [2.24, 2.45) is 11.8 Å². The van der Waals surface area contributed by atoms with Gasteiger partial charge in [0.2, 0.25) is 5.91 Å². The molecule has 0 saturated carbocycles. The van der Waals surface area contributed by atoms with Crippen LogP contribution in [0.3, 0.4) is 0 Å². The normalized spacial score (nSPS) is 18.9. The Balaban J connectivity index is 2.09. The van der Waals surface area contributed by atoms with Crippen molar-refractivity contribution >= 4 is 34.9 Å². The summed E-state index contributed by atoms with van der Waals surface area (Å²) in [5.74, 6) is 0.629. The van der Waals surface area contributed by atoms with Crippen molar-refractivity contribution in [2.45, 2.75) is 20.3 Å². The van der Waals surface area contributed by atoms with Crippen molar-refractivity contribution in [3.05, 3.63) is 33.8 Å². The zero-order chi connectivity index (χ0) is 14.9. The van der Waals surface area contributed by atoms with E-state index in [9.17, 15) is 9.59 Å². The summed E-state index contributed by atoms with van der Waals surface area (Å²) in [4.78, 5) is 25.8. The largest absolute Gasteiger partial charge is 0.335 e. The SMILES string of the molecule is CC(C)C1CC(=O)N(CC(=O)c2cc(Cl)ccc2Cl)C1. The number of carbonyl (C=O) groups is 2. The molecule has 0 aromatic heterocycles. The fraction of sp³-hybridized carbons (Fsp3) is 0.467. The van der Waals surface area contributed by atoms with E-state index >= 15 is 0 Å². The van der Waals surface area contributed by atoms with Crippen LogP contribution in [0.2, 0.25) is 10.0 Å². The van der Waals surface area contributed by atoms with Crippen LogP contribution >= 0.6 is 23.2 Å². The minimum atomic E-state index is -0.171. The highest BCUT2D eigenvalue weighted by Crippen LogP contribution is 2.26. The fourth-order valence-electron chi connectivity index (χ4n) is 2.37. The fourth-order valence-corrected chi connectivity index (χ4v) is 2.77. The van der Waals surface area contributed by atoms with Crippen LogP contribution in [0.4, 0.5) is 0 Å². The second kappa shape index (κ2) is 6.15. The maximum Gasteiger partial charge on any atom is 0.223 e. The van der Waals surface area contributed by atoms with Crippen LogP contribution in [0.5, 0.6) is 0 Å². The van der Waals surface area contributed by atoms with Gasteiger partial charge in [-0.05, 0) is 30.0 Å². The van der Waals surface area contributed by atoms with Crippen molar-refractivity contribution < 1.29 is 9.59 Å². The number of amides is 1. The zero-order valence-corrected chi connectivity index (χ0v) is 13.0. The standard InChI is InChI=1S/C15H17Cl2NO2/c1-9(2)10-5-15(20)18(7-10)8-14(19)12-6-11(16)3-4-13(12)17/h3-4,6,9-10H,5,7-8H2,1-2H3. The number of rotatable bonds is 4. The lowest BCUT2D eigenvalue weighted by Crippen LogP contribution is -2.31. The first kappa shape index (κ1) is 15.3. The van der Waals surface area contributed by atoms with E-state index in [1.165, 1.54) is 0 Å². The van der Waals surface area contributed by atoms with Gasteiger partial charge in [0.15, 0.2) is 5.78 Å². The van der Waals surface area contributed by atoms with E-state index in [4.69, 9.17) is 23.2 Å². The molecule has 1 fully saturated rings. The average molecular weight is 314 g/mol. The van der Waals surface area contributed by atoms with Gasteiger partial charge in [-0.3, -0.25) is 9.59 Å². The number of carbonyl (C=O) groups excluding carboxylic acids is 2. The van der Waals surface area contributed by atoms with Gasteiger partial charge in [0.05, 0.1) is 11.6 Å². The zero-order valence-electron chi connectivity index (χ0n) is 11.5. The quantitative estimate of drug-likeness (QED) is 0.795. The molecule has 1 heterocycles. The van der Waals surface area contributed by atoms with Gasteiger partial charge < -0.3 is 4.90 Å². The highest BCUT2D eigenvalue weighted by Gasteiger charge is 2.32. The van der Waals surface area contributed by atoms with Crippen LogP contribution in [-0.2, 0) is 4.79 Å². The molecule has 1 aromatic rings. The van der Waals surface area contributed by atoms with Gasteiger partial charge >= 0.3 is 0 Å². The summed E-state index contributed by atoms with van der Waals surface area (Å²) in [5.41, 5.74) is 0.375. The predicted molar refractivity (Wildman–Crippen MR) is 80.3 cm³/mol. The van der Waals surface area contributed by atoms with Gasteiger partial charge in [-0.2, -0.15) is 0 Å². The van der Waals surface area contributed by atoms with E-state index in [1.54, 1.807) is 23.1 Å². The van der Waals surface area contributed by atoms with Crippen LogP contribution in [0.1, 0.15) is 30.6 Å². The van der Waals surface area contributed by atoms with E-state index < -0.39 is 0 Å². The Morgan fingerprint density at radius 3 is 2.70 bits per heavy atom. The van der Waals surface area contributed by atoms with E-state index in [1.807, 2.05) is 0 Å². The second-order valence-electron chi connectivity index (χ2n) is 5.53. The minimum Gasteiger partial charge on any atom is -0.335 e. The second-order valence-corrected chi connectivity index (χ2v) is 6.37. The van der Waals surface area contributed by atoms with E-state index in [2.05, 4.69) is 13.8 Å². The molecule has 0 N–H and O–H groups in total. The summed E-state index contributed by atoms with van der Waals surface area (Å²) >= 11 is 11.9. The molecule has 0 spiro atoms. The van der Waals surface area contributed by atoms with Crippen LogP contribution in [-0.4, -0.2) is 29.7 Å². The molecule has 3 nitrogen and oxygen atoms in total. The van der Waals surface area contributed by atoms with Crippen LogP contribution in [0.25, 0.3) is 0 Å². The Morgan fingerprint density at radius 2 is 2.10 bits per heavy atom. The molecule has 2 rings (SSSR count). The highest BCUT2D eigenvalue weighted by molar-refractivity contribution is 6.36. The Bertz CT molecular complexity index is 543. The summed E-state index contributed by atoms with van der Waals surface area (Å²) in [5, 5.41) is 0.831. The maximum absolute atomic E-state index is 12.3. The predicted octanol–water partition coefficient (Wildman–Crippen LogP) is 3.68. The first-order chi connectivity index (χ1) is 9.38. The lowest BCUT2D eigenvalue weighted by molar-refractivity contribution is -0.127. The third-order valence-electron chi connectivity index (χ3n) is 3.75. The summed E-state index contributed by atoms with van der Waals surface area (Å²) in [6.45, 7) is 4.90. The van der Waals surface area contributed by atoms with Crippen LogP contribution in [0, 0.1) is 11.8 Å². The molecule has 0 aliphatic carbocycles. The third-order valence-corrected chi connectivity index (χ3v) is 4.32. The molecule has 1 saturated heterocycles. The van der Waals surface area contributed by atoms with Gasteiger partial charge in [-0.1, -0.05) is 37.0 Å². The van der Waals surface area contributed by atoms with E-state index in [0.29, 0.717) is 40.4 Å². The monoisotopic (exact) mass is 313 g/mol. The minimum absolute atomic E-state index is 0.0372. The van der Waals surface area contributed by atoms with E-state index in [-0.39, 0.29) is 18.2 Å². The maximum atomic E-state index is 12.3. The number of hydrogen-bond acceptors (Lipinski definition) is 2. The van der Waals surface area contributed by atoms with Gasteiger partial charge in [-0.25, -0.2) is 0 Å². The first-order valence-electron chi connectivity index (χ1n) is 6.64. The number of halogens is 2. The topological polar surface area (TPSA) is 37.4 Å². The van der Waals surface area contributed by atoms with Crippen LogP contribution in [0.15, 0.2) is 18.2 Å². The van der Waals surface area contributed by atoms with Crippen LogP contribution < -0.4 is 0 Å². The average Bonchev–Trinajstić information content (AvgIpc) is 2.74. The van der Waals surface area contributed by atoms with Gasteiger partial charge in [0, 0.05) is 23.6 Å². The molecular weight excluding hydrogens is 297 g/mol. The third kappa shape index (κ3) is 3.33. The molecule has 108 valence electrons. The van der Waals surface area contributed by atoms with Crippen molar-refractivity contribution in [3.8, 4) is 0 Å². The summed E-state index contributed by atoms with van der Waals surface area (Å²) < 4.78 is 0. The smallest absolute Gasteiger partial charge is 0.223 e. The molecule has 1 unspecified atom stereocenters. The van der Waals surface area contributed by atoms with Gasteiger partial charge in [0.25, 0.3) is 0 Å². The number of ketones is 1. The molecule has 0 bridgehead atoms. The molecule has 5 heteroatoms. The Kier molecular flexibility index (Phi) is 4.71.